The van der Waals surface area contributed by atoms with Gasteiger partial charge in [0.15, 0.2) is 0 Å². The maximum absolute atomic E-state index is 3.57. The molecule has 6 unspecified atom stereocenters. The van der Waals surface area contributed by atoms with E-state index < -0.39 is 0 Å². The minimum Gasteiger partial charge on any atom is -0.103 e. The summed E-state index contributed by atoms with van der Waals surface area (Å²) in [7, 11) is 0. The molecule has 0 aliphatic heterocycles. The van der Waals surface area contributed by atoms with Gasteiger partial charge in [0.05, 0.1) is 0 Å². The molecule has 0 amide bonds. The highest BCUT2D eigenvalue weighted by molar-refractivity contribution is 5.17. The Hall–Kier alpha value is -0.960. The van der Waals surface area contributed by atoms with Gasteiger partial charge in [-0.05, 0) is 78.9 Å². The average Bonchev–Trinajstić information content (AvgIpc) is 2.86. The van der Waals surface area contributed by atoms with E-state index in [4.69, 9.17) is 0 Å². The Morgan fingerprint density at radius 1 is 0.821 bits per heavy atom. The van der Waals surface area contributed by atoms with Crippen LogP contribution in [0.4, 0.5) is 0 Å². The van der Waals surface area contributed by atoms with Gasteiger partial charge in [-0.3, -0.25) is 0 Å². The number of hydrogen-bond donors (Lipinski definition) is 0. The lowest BCUT2D eigenvalue weighted by atomic mass is 9.60. The fraction of sp³-hybridized carbons (Fsp3) is 0.846. The van der Waals surface area contributed by atoms with E-state index in [0.29, 0.717) is 40.9 Å². The van der Waals surface area contributed by atoms with E-state index in [0.717, 1.165) is 24.7 Å². The van der Waals surface area contributed by atoms with Crippen molar-refractivity contribution in [2.75, 3.05) is 0 Å². The van der Waals surface area contributed by atoms with Crippen LogP contribution in [0, 0.1) is 64.6 Å². The largest absolute Gasteiger partial charge is 0.103 e. The Morgan fingerprint density at radius 2 is 1.49 bits per heavy atom. The molecule has 0 saturated carbocycles. The molecule has 0 aromatic heterocycles. The zero-order valence-electron chi connectivity index (χ0n) is 29.1. The van der Waals surface area contributed by atoms with Crippen LogP contribution in [0.1, 0.15) is 161 Å². The Morgan fingerprint density at radius 3 is 2.03 bits per heavy atom. The summed E-state index contributed by atoms with van der Waals surface area (Å²) in [6.45, 7) is 31.4. The van der Waals surface area contributed by atoms with Crippen molar-refractivity contribution in [2.24, 2.45) is 52.8 Å². The number of allylic oxidation sites excluding steroid dienone is 4. The van der Waals surface area contributed by atoms with Gasteiger partial charge in [-0.2, -0.15) is 0 Å². The van der Waals surface area contributed by atoms with Crippen LogP contribution in [-0.2, 0) is 0 Å². The van der Waals surface area contributed by atoms with Crippen molar-refractivity contribution < 1.29 is 0 Å². The maximum Gasteiger partial charge on any atom is 0.0146 e. The molecule has 6 atom stereocenters. The Balaban J connectivity index is 6.46. The van der Waals surface area contributed by atoms with Gasteiger partial charge >= 0.3 is 0 Å². The van der Waals surface area contributed by atoms with Gasteiger partial charge in [0.2, 0.25) is 0 Å². The Kier molecular flexibility index (Phi) is 20.3. The molecule has 0 heteroatoms. The lowest BCUT2D eigenvalue weighted by Crippen LogP contribution is -2.35. The van der Waals surface area contributed by atoms with E-state index >= 15 is 0 Å². The van der Waals surface area contributed by atoms with Gasteiger partial charge in [-0.25, -0.2) is 0 Å². The van der Waals surface area contributed by atoms with E-state index in [1.165, 1.54) is 57.8 Å². The molecule has 0 aromatic rings. The topological polar surface area (TPSA) is 0 Å². The Bertz CT molecular complexity index is 723. The molecule has 0 N–H and O–H groups in total. The molecule has 0 nitrogen and oxygen atoms in total. The molecule has 0 heterocycles. The summed E-state index contributed by atoms with van der Waals surface area (Å²) in [4.78, 5) is 0. The van der Waals surface area contributed by atoms with E-state index in [9.17, 15) is 0 Å². The summed E-state index contributed by atoms with van der Waals surface area (Å²) < 4.78 is 0. The first-order valence-electron chi connectivity index (χ1n) is 17.1. The summed E-state index contributed by atoms with van der Waals surface area (Å²) in [5.74, 6) is 12.3. The summed E-state index contributed by atoms with van der Waals surface area (Å²) in [5.41, 5.74) is 2.06. The predicted molar refractivity (Wildman–Crippen MR) is 180 cm³/mol. The van der Waals surface area contributed by atoms with E-state index in [-0.39, 0.29) is 0 Å². The fourth-order valence-corrected chi connectivity index (χ4v) is 6.37. The van der Waals surface area contributed by atoms with Crippen LogP contribution in [0.5, 0.6) is 0 Å². The third-order valence-electron chi connectivity index (χ3n) is 9.31. The SMILES string of the molecule is CCC=CCC(C)CC(C(=CC(C)C)C(C)C(C)C(C)CCCC(C)C)C(C)(CCC#CC(C)C)CCCC. The molecule has 0 aliphatic carbocycles. The summed E-state index contributed by atoms with van der Waals surface area (Å²) in [6.07, 6.45) is 21.4. The number of rotatable bonds is 20. The highest BCUT2D eigenvalue weighted by Crippen LogP contribution is 2.49. The molecule has 0 spiro atoms. The lowest BCUT2D eigenvalue weighted by molar-refractivity contribution is 0.133. The lowest BCUT2D eigenvalue weighted by Gasteiger charge is -2.44. The highest BCUT2D eigenvalue weighted by Gasteiger charge is 2.39. The normalized spacial score (nSPS) is 18.2. The third-order valence-corrected chi connectivity index (χ3v) is 9.31. The highest BCUT2D eigenvalue weighted by atomic mass is 14.4. The van der Waals surface area contributed by atoms with Crippen molar-refractivity contribution >= 4 is 0 Å². The third kappa shape index (κ3) is 16.2. The second-order valence-electron chi connectivity index (χ2n) is 14.6. The maximum atomic E-state index is 3.57. The summed E-state index contributed by atoms with van der Waals surface area (Å²) in [6, 6.07) is 0. The first-order chi connectivity index (χ1) is 18.3. The van der Waals surface area contributed by atoms with Gasteiger partial charge in [-0.1, -0.05) is 146 Å². The van der Waals surface area contributed by atoms with Crippen molar-refractivity contribution in [1.29, 1.82) is 0 Å². The van der Waals surface area contributed by atoms with E-state index in [1.54, 1.807) is 5.57 Å². The van der Waals surface area contributed by atoms with Gasteiger partial charge in [0.25, 0.3) is 0 Å². The monoisotopic (exact) mass is 541 g/mol. The van der Waals surface area contributed by atoms with Gasteiger partial charge in [0.1, 0.15) is 0 Å². The molecular formula is C39H72. The van der Waals surface area contributed by atoms with Crippen LogP contribution in [0.3, 0.4) is 0 Å². The zero-order chi connectivity index (χ0) is 30.0. The second-order valence-corrected chi connectivity index (χ2v) is 14.6. The number of hydrogen-bond acceptors (Lipinski definition) is 0. The van der Waals surface area contributed by atoms with Gasteiger partial charge in [0, 0.05) is 12.3 Å². The second kappa shape index (κ2) is 20.8. The minimum absolute atomic E-state index is 0.292. The molecule has 0 fully saturated rings. The van der Waals surface area contributed by atoms with Crippen molar-refractivity contribution in [3.8, 4) is 11.8 Å². The molecule has 0 radical (unpaired) electrons. The molecule has 0 aliphatic rings. The molecular weight excluding hydrogens is 468 g/mol. The van der Waals surface area contributed by atoms with E-state index in [1.807, 2.05) is 0 Å². The van der Waals surface area contributed by atoms with Crippen molar-refractivity contribution in [3.63, 3.8) is 0 Å². The number of unbranched alkanes of at least 4 members (excludes halogenated alkanes) is 1. The molecule has 0 aromatic carbocycles. The smallest absolute Gasteiger partial charge is 0.0146 e. The first-order valence-corrected chi connectivity index (χ1v) is 17.1. The Labute approximate surface area is 248 Å². The quantitative estimate of drug-likeness (QED) is 0.106. The van der Waals surface area contributed by atoms with Crippen molar-refractivity contribution in [2.45, 2.75) is 161 Å². The minimum atomic E-state index is 0.292. The zero-order valence-corrected chi connectivity index (χ0v) is 29.1. The first kappa shape index (κ1) is 38.0. The van der Waals surface area contributed by atoms with Crippen LogP contribution < -0.4 is 0 Å². The summed E-state index contributed by atoms with van der Waals surface area (Å²) in [5, 5.41) is 0. The summed E-state index contributed by atoms with van der Waals surface area (Å²) >= 11 is 0. The predicted octanol–water partition coefficient (Wildman–Crippen LogP) is 12.9. The molecule has 0 rings (SSSR count). The van der Waals surface area contributed by atoms with Crippen LogP contribution in [-0.4, -0.2) is 0 Å². The molecule has 39 heavy (non-hydrogen) atoms. The van der Waals surface area contributed by atoms with Gasteiger partial charge in [-0.15, -0.1) is 11.8 Å². The molecule has 0 saturated heterocycles. The van der Waals surface area contributed by atoms with Crippen molar-refractivity contribution in [3.05, 3.63) is 23.8 Å². The average molecular weight is 541 g/mol. The van der Waals surface area contributed by atoms with Crippen LogP contribution in [0.25, 0.3) is 0 Å². The standard InChI is InChI=1S/C39H72/c1-14-16-18-24-33(9)29-38(39(13,26-17-15-2)27-20-19-22-30(3)4)37(28-32(7)8)36(12)35(11)34(10)25-21-23-31(5)6/h16,18,28,30-36,38H,14-15,17,20-21,23-27,29H2,1-13H3. The van der Waals surface area contributed by atoms with E-state index in [2.05, 4.69) is 120 Å². The molecule has 0 bridgehead atoms. The fourth-order valence-electron chi connectivity index (χ4n) is 6.37. The van der Waals surface area contributed by atoms with Crippen LogP contribution in [0.15, 0.2) is 23.8 Å². The van der Waals surface area contributed by atoms with Crippen LogP contribution >= 0.6 is 0 Å². The molecule has 228 valence electrons. The van der Waals surface area contributed by atoms with Crippen LogP contribution in [0.2, 0.25) is 0 Å². The van der Waals surface area contributed by atoms with Crippen molar-refractivity contribution in [1.82, 2.24) is 0 Å². The van der Waals surface area contributed by atoms with Gasteiger partial charge < -0.3 is 0 Å².